The molecule has 0 aromatic carbocycles. The minimum atomic E-state index is -0.400. The highest BCUT2D eigenvalue weighted by molar-refractivity contribution is 7.81. The van der Waals surface area contributed by atoms with E-state index < -0.39 is 5.25 Å². The minimum Gasteiger partial charge on any atom is -0.285 e. The second-order valence-electron chi connectivity index (χ2n) is 2.01. The first-order valence-electron chi connectivity index (χ1n) is 4.61. The third kappa shape index (κ3) is 4.31. The molecule has 78 valence electrons. The van der Waals surface area contributed by atoms with Crippen molar-refractivity contribution in [3.8, 4) is 0 Å². The Hall–Kier alpha value is -0.510. The Labute approximate surface area is 85.9 Å². The summed E-state index contributed by atoms with van der Waals surface area (Å²) >= 11 is 3.89. The molecule has 1 aliphatic rings. The van der Waals surface area contributed by atoms with E-state index in [1.807, 2.05) is 27.7 Å². The number of hydrogen-bond donors (Lipinski definition) is 1. The topological polar surface area (TPSA) is 37.4 Å². The van der Waals surface area contributed by atoms with Gasteiger partial charge in [0.1, 0.15) is 0 Å². The van der Waals surface area contributed by atoms with Crippen LogP contribution in [0.25, 0.3) is 0 Å². The van der Waals surface area contributed by atoms with Gasteiger partial charge in [0.05, 0.1) is 5.25 Å². The van der Waals surface area contributed by atoms with Gasteiger partial charge in [0.25, 0.3) is 0 Å². The number of carbonyl (C=O) groups excluding carboxylic acids is 2. The first-order valence-corrected chi connectivity index (χ1v) is 5.13. The largest absolute Gasteiger partial charge is 0.285 e. The zero-order valence-electron chi connectivity index (χ0n) is 9.00. The maximum absolute atomic E-state index is 10.7. The van der Waals surface area contributed by atoms with Gasteiger partial charge in [-0.15, -0.1) is 0 Å². The molecule has 1 atom stereocenters. The molecule has 1 saturated heterocycles. The quantitative estimate of drug-likeness (QED) is 0.483. The summed E-state index contributed by atoms with van der Waals surface area (Å²) in [5.41, 5.74) is 0. The van der Waals surface area contributed by atoms with E-state index >= 15 is 0 Å². The molecule has 0 aromatic rings. The Morgan fingerprint density at radius 2 is 1.62 bits per heavy atom. The molecule has 1 aliphatic heterocycles. The second-order valence-corrected chi connectivity index (χ2v) is 2.63. The molecule has 0 saturated carbocycles. The standard InChI is InChI=1S/C5H7NO2S.2C2H6/c1-6-4(7)2-3(9)5(6)8;2*1-2/h3,9H,2H2,1H3;2*1-2H3. The molecule has 1 heterocycles. The first-order chi connectivity index (χ1) is 6.13. The second kappa shape index (κ2) is 8.10. The highest BCUT2D eigenvalue weighted by Crippen LogP contribution is 2.14. The molecule has 1 rings (SSSR count). The maximum Gasteiger partial charge on any atom is 0.242 e. The monoisotopic (exact) mass is 205 g/mol. The van der Waals surface area contributed by atoms with Gasteiger partial charge in [-0.3, -0.25) is 14.5 Å². The van der Waals surface area contributed by atoms with Crippen molar-refractivity contribution in [3.63, 3.8) is 0 Å². The SMILES string of the molecule is CC.CC.CN1C(=O)CC(S)C1=O. The summed E-state index contributed by atoms with van der Waals surface area (Å²) in [6.45, 7) is 8.00. The van der Waals surface area contributed by atoms with Crippen LogP contribution in [0.1, 0.15) is 34.1 Å². The van der Waals surface area contributed by atoms with Crippen molar-refractivity contribution in [2.45, 2.75) is 39.4 Å². The van der Waals surface area contributed by atoms with Crippen LogP contribution in [0.4, 0.5) is 0 Å². The number of likely N-dealkylation sites (tertiary alicyclic amines) is 1. The highest BCUT2D eigenvalue weighted by Gasteiger charge is 2.32. The lowest BCUT2D eigenvalue weighted by molar-refractivity contribution is -0.136. The lowest BCUT2D eigenvalue weighted by Gasteiger charge is -2.02. The molecule has 0 spiro atoms. The minimum absolute atomic E-state index is 0.139. The van der Waals surface area contributed by atoms with Crippen molar-refractivity contribution in [1.29, 1.82) is 0 Å². The van der Waals surface area contributed by atoms with Crippen molar-refractivity contribution in [1.82, 2.24) is 4.90 Å². The molecule has 3 nitrogen and oxygen atoms in total. The summed E-state index contributed by atoms with van der Waals surface area (Å²) in [5, 5.41) is -0.400. The van der Waals surface area contributed by atoms with E-state index in [1.54, 1.807) is 0 Å². The van der Waals surface area contributed by atoms with Gasteiger partial charge >= 0.3 is 0 Å². The summed E-state index contributed by atoms with van der Waals surface area (Å²) in [5.74, 6) is -0.330. The van der Waals surface area contributed by atoms with Crippen LogP contribution in [0, 0.1) is 0 Å². The molecular weight excluding hydrogens is 186 g/mol. The average molecular weight is 205 g/mol. The Balaban J connectivity index is 0. The zero-order valence-corrected chi connectivity index (χ0v) is 9.89. The van der Waals surface area contributed by atoms with Gasteiger partial charge in [-0.25, -0.2) is 0 Å². The van der Waals surface area contributed by atoms with Gasteiger partial charge in [-0.1, -0.05) is 27.7 Å². The molecule has 2 amide bonds. The summed E-state index contributed by atoms with van der Waals surface area (Å²) in [4.78, 5) is 22.5. The number of hydrogen-bond acceptors (Lipinski definition) is 3. The molecule has 1 unspecified atom stereocenters. The lowest BCUT2D eigenvalue weighted by Crippen LogP contribution is -2.25. The van der Waals surface area contributed by atoms with E-state index in [4.69, 9.17) is 0 Å². The van der Waals surface area contributed by atoms with Crippen molar-refractivity contribution in [2.24, 2.45) is 0 Å². The van der Waals surface area contributed by atoms with E-state index in [1.165, 1.54) is 7.05 Å². The number of carbonyl (C=O) groups is 2. The zero-order chi connectivity index (χ0) is 11.0. The van der Waals surface area contributed by atoms with Crippen molar-refractivity contribution < 1.29 is 9.59 Å². The van der Waals surface area contributed by atoms with E-state index in [9.17, 15) is 9.59 Å². The van der Waals surface area contributed by atoms with Crippen LogP contribution in [0.15, 0.2) is 0 Å². The van der Waals surface area contributed by atoms with Crippen LogP contribution in [0.2, 0.25) is 0 Å². The Morgan fingerprint density at radius 3 is 1.69 bits per heavy atom. The summed E-state index contributed by atoms with van der Waals surface area (Å²) in [6, 6.07) is 0. The normalized spacial score (nSPS) is 20.2. The molecule has 0 aromatic heterocycles. The van der Waals surface area contributed by atoms with Crippen LogP contribution < -0.4 is 0 Å². The number of rotatable bonds is 0. The van der Waals surface area contributed by atoms with Crippen LogP contribution >= 0.6 is 12.6 Å². The predicted octanol–water partition coefficient (Wildman–Crippen LogP) is 1.73. The van der Waals surface area contributed by atoms with Gasteiger partial charge in [0, 0.05) is 13.5 Å². The molecule has 1 fully saturated rings. The van der Waals surface area contributed by atoms with Gasteiger partial charge in [-0.2, -0.15) is 12.6 Å². The van der Waals surface area contributed by atoms with Crippen LogP contribution in [0.3, 0.4) is 0 Å². The fourth-order valence-electron chi connectivity index (χ4n) is 0.736. The van der Waals surface area contributed by atoms with E-state index in [0.717, 1.165) is 4.90 Å². The average Bonchev–Trinajstić information content (AvgIpc) is 2.40. The highest BCUT2D eigenvalue weighted by atomic mass is 32.1. The molecule has 0 bridgehead atoms. The van der Waals surface area contributed by atoms with Crippen molar-refractivity contribution in [3.05, 3.63) is 0 Å². The molecular formula is C9H19NO2S. The van der Waals surface area contributed by atoms with Crippen LogP contribution in [0.5, 0.6) is 0 Å². The molecule has 13 heavy (non-hydrogen) atoms. The maximum atomic E-state index is 10.7. The van der Waals surface area contributed by atoms with Crippen molar-refractivity contribution >= 4 is 24.4 Å². The van der Waals surface area contributed by atoms with Gasteiger partial charge in [0.15, 0.2) is 0 Å². The Bertz CT molecular complexity index is 171. The summed E-state index contributed by atoms with van der Waals surface area (Å²) in [7, 11) is 1.47. The lowest BCUT2D eigenvalue weighted by atomic mass is 10.4. The Morgan fingerprint density at radius 1 is 1.23 bits per heavy atom. The summed E-state index contributed by atoms with van der Waals surface area (Å²) < 4.78 is 0. The first kappa shape index (κ1) is 15.0. The predicted molar refractivity (Wildman–Crippen MR) is 57.9 cm³/mol. The van der Waals surface area contributed by atoms with Gasteiger partial charge in [-0.05, 0) is 0 Å². The molecule has 0 aliphatic carbocycles. The number of imide groups is 1. The van der Waals surface area contributed by atoms with E-state index in [2.05, 4.69) is 12.6 Å². The van der Waals surface area contributed by atoms with Gasteiger partial charge in [0.2, 0.25) is 11.8 Å². The van der Waals surface area contributed by atoms with Gasteiger partial charge < -0.3 is 0 Å². The molecule has 0 radical (unpaired) electrons. The van der Waals surface area contributed by atoms with E-state index in [-0.39, 0.29) is 18.2 Å². The summed E-state index contributed by atoms with van der Waals surface area (Å²) in [6.07, 6.45) is 0.248. The molecule has 0 N–H and O–H groups in total. The van der Waals surface area contributed by atoms with E-state index in [0.29, 0.717) is 0 Å². The molecule has 4 heteroatoms. The van der Waals surface area contributed by atoms with Crippen LogP contribution in [-0.2, 0) is 9.59 Å². The number of thiol groups is 1. The number of nitrogens with zero attached hydrogens (tertiary/aromatic N) is 1. The smallest absolute Gasteiger partial charge is 0.242 e. The fraction of sp³-hybridized carbons (Fsp3) is 0.778. The van der Waals surface area contributed by atoms with Crippen molar-refractivity contribution in [2.75, 3.05) is 7.05 Å². The van der Waals surface area contributed by atoms with Crippen LogP contribution in [-0.4, -0.2) is 29.0 Å². The number of amides is 2. The third-order valence-corrected chi connectivity index (χ3v) is 1.76. The fourth-order valence-corrected chi connectivity index (χ4v) is 1.07. The third-order valence-electron chi connectivity index (χ3n) is 1.36. The Kier molecular flexibility index (Phi) is 9.34.